The molecule has 1 aliphatic heterocycles. The van der Waals surface area contributed by atoms with Crippen LogP contribution >= 0.6 is 0 Å². The maximum absolute atomic E-state index is 13.5. The van der Waals surface area contributed by atoms with E-state index in [4.69, 9.17) is 4.42 Å². The van der Waals surface area contributed by atoms with E-state index in [2.05, 4.69) is 20.2 Å². The summed E-state index contributed by atoms with van der Waals surface area (Å²) in [6, 6.07) is 8.35. The first-order valence-electron chi connectivity index (χ1n) is 10.3. The van der Waals surface area contributed by atoms with Crippen molar-refractivity contribution in [3.63, 3.8) is 0 Å². The van der Waals surface area contributed by atoms with Gasteiger partial charge in [-0.05, 0) is 42.0 Å². The molecule has 0 saturated heterocycles. The van der Waals surface area contributed by atoms with Crippen LogP contribution in [0.25, 0.3) is 11.5 Å². The summed E-state index contributed by atoms with van der Waals surface area (Å²) in [4.78, 5) is 22.7. The average Bonchev–Trinajstić information content (AvgIpc) is 3.47. The number of aliphatic hydroxyl groups is 1. The Morgan fingerprint density at radius 2 is 1.63 bits per heavy atom. The van der Waals surface area contributed by atoms with Crippen LogP contribution in [0.4, 0.5) is 17.6 Å². The summed E-state index contributed by atoms with van der Waals surface area (Å²) < 4.78 is 57.5. The molecular weight excluding hydrogens is 470 g/mol. The highest BCUT2D eigenvalue weighted by molar-refractivity contribution is 5.99. The number of alkyl halides is 2. The van der Waals surface area contributed by atoms with Crippen molar-refractivity contribution in [3.8, 4) is 11.5 Å². The van der Waals surface area contributed by atoms with E-state index in [-0.39, 0.29) is 35.0 Å². The predicted molar refractivity (Wildman–Crippen MR) is 111 cm³/mol. The molecule has 0 bridgehead atoms. The average molecular weight is 485 g/mol. The Morgan fingerprint density at radius 1 is 0.943 bits per heavy atom. The normalized spacial score (nSPS) is 14.9. The van der Waals surface area contributed by atoms with Crippen molar-refractivity contribution in [2.24, 2.45) is 0 Å². The number of nitrogens with zero attached hydrogens (tertiary/aromatic N) is 5. The Balaban J connectivity index is 1.51. The molecule has 2 unspecified atom stereocenters. The quantitative estimate of drug-likeness (QED) is 0.409. The monoisotopic (exact) mass is 485 g/mol. The van der Waals surface area contributed by atoms with Gasteiger partial charge in [0.25, 0.3) is 11.8 Å². The predicted octanol–water partition coefficient (Wildman–Crippen LogP) is 4.17. The fourth-order valence-corrected chi connectivity index (χ4v) is 3.90. The van der Waals surface area contributed by atoms with E-state index in [0.717, 1.165) is 24.5 Å². The molecule has 8 nitrogen and oxygen atoms in total. The van der Waals surface area contributed by atoms with E-state index in [1.807, 2.05) is 0 Å². The number of carbonyl (C=O) groups is 1. The van der Waals surface area contributed by atoms with Gasteiger partial charge in [-0.2, -0.15) is 8.78 Å². The SMILES string of the molecule is O=C1c2cc(-c3nnc(C(F)F)o3)ccc2CN1C(c1ccc(F)cn1)C(O)c1ccc(F)cn1. The van der Waals surface area contributed by atoms with Gasteiger partial charge in [-0.1, -0.05) is 6.07 Å². The van der Waals surface area contributed by atoms with E-state index >= 15 is 0 Å². The molecule has 0 aliphatic carbocycles. The molecular formula is C23H15F4N5O3. The molecule has 178 valence electrons. The standard InChI is InChI=1S/C23H15F4N5O3/c24-13-3-5-16(28-8-13)18(19(33)17-6-4-14(25)9-29-17)32-10-12-2-1-11(7-15(12)23(32)34)21-30-31-22(35-21)20(26)27/h1-9,18-20,33H,10H2. The minimum atomic E-state index is -2.94. The van der Waals surface area contributed by atoms with E-state index in [9.17, 15) is 27.5 Å². The molecule has 5 rings (SSSR count). The molecule has 1 amide bonds. The third-order valence-electron chi connectivity index (χ3n) is 5.56. The minimum Gasteiger partial charge on any atom is -0.415 e. The fourth-order valence-electron chi connectivity index (χ4n) is 3.90. The summed E-state index contributed by atoms with van der Waals surface area (Å²) in [6.45, 7) is 0.0581. The van der Waals surface area contributed by atoms with Crippen LogP contribution < -0.4 is 0 Å². The molecule has 0 spiro atoms. The Kier molecular flexibility index (Phi) is 5.73. The summed E-state index contributed by atoms with van der Waals surface area (Å²) >= 11 is 0. The van der Waals surface area contributed by atoms with Gasteiger partial charge in [0.15, 0.2) is 0 Å². The number of benzene rings is 1. The number of aliphatic hydroxyl groups excluding tert-OH is 1. The van der Waals surface area contributed by atoms with E-state index in [1.165, 1.54) is 23.1 Å². The molecule has 1 aliphatic rings. The second kappa shape index (κ2) is 8.87. The molecule has 1 N–H and O–H groups in total. The van der Waals surface area contributed by atoms with Gasteiger partial charge in [-0.15, -0.1) is 10.2 Å². The first kappa shape index (κ1) is 22.6. The highest BCUT2D eigenvalue weighted by atomic mass is 19.3. The molecule has 2 atom stereocenters. The number of hydrogen-bond donors (Lipinski definition) is 1. The van der Waals surface area contributed by atoms with Crippen molar-refractivity contribution in [2.75, 3.05) is 0 Å². The molecule has 4 aromatic rings. The maximum Gasteiger partial charge on any atom is 0.314 e. The van der Waals surface area contributed by atoms with Crippen LogP contribution in [0.3, 0.4) is 0 Å². The van der Waals surface area contributed by atoms with Crippen LogP contribution in [0.2, 0.25) is 0 Å². The van der Waals surface area contributed by atoms with Gasteiger partial charge in [0.2, 0.25) is 5.89 Å². The number of halogens is 4. The lowest BCUT2D eigenvalue weighted by Gasteiger charge is -2.31. The Labute approximate surface area is 194 Å². The van der Waals surface area contributed by atoms with Crippen LogP contribution in [0.5, 0.6) is 0 Å². The summed E-state index contributed by atoms with van der Waals surface area (Å²) in [5, 5.41) is 18.0. The van der Waals surface area contributed by atoms with Crippen LogP contribution in [0, 0.1) is 11.6 Å². The third-order valence-corrected chi connectivity index (χ3v) is 5.56. The second-order valence-corrected chi connectivity index (χ2v) is 7.74. The molecule has 0 saturated carbocycles. The largest absolute Gasteiger partial charge is 0.415 e. The number of pyridine rings is 2. The van der Waals surface area contributed by atoms with Crippen molar-refractivity contribution in [3.05, 3.63) is 94.9 Å². The van der Waals surface area contributed by atoms with Gasteiger partial charge in [0.05, 0.1) is 23.8 Å². The molecule has 12 heteroatoms. The van der Waals surface area contributed by atoms with E-state index < -0.39 is 42.0 Å². The van der Waals surface area contributed by atoms with Gasteiger partial charge >= 0.3 is 6.43 Å². The maximum atomic E-state index is 13.5. The Morgan fingerprint density at radius 3 is 2.23 bits per heavy atom. The minimum absolute atomic E-state index is 0.0581. The Hall–Kier alpha value is -4.19. The van der Waals surface area contributed by atoms with E-state index in [0.29, 0.717) is 5.56 Å². The zero-order chi connectivity index (χ0) is 24.7. The molecule has 0 radical (unpaired) electrons. The van der Waals surface area contributed by atoms with Crippen molar-refractivity contribution >= 4 is 5.91 Å². The first-order valence-corrected chi connectivity index (χ1v) is 10.3. The highest BCUT2D eigenvalue weighted by Gasteiger charge is 2.39. The lowest BCUT2D eigenvalue weighted by Crippen LogP contribution is -2.34. The zero-order valence-corrected chi connectivity index (χ0v) is 17.6. The molecule has 3 aromatic heterocycles. The van der Waals surface area contributed by atoms with Gasteiger partial charge < -0.3 is 14.4 Å². The number of rotatable bonds is 6. The second-order valence-electron chi connectivity index (χ2n) is 7.74. The van der Waals surface area contributed by atoms with Gasteiger partial charge in [-0.25, -0.2) is 8.78 Å². The molecule has 4 heterocycles. The van der Waals surface area contributed by atoms with Crippen molar-refractivity contribution in [1.29, 1.82) is 0 Å². The summed E-state index contributed by atoms with van der Waals surface area (Å²) in [7, 11) is 0. The number of aromatic nitrogens is 4. The topological polar surface area (TPSA) is 105 Å². The number of fused-ring (bicyclic) bond motifs is 1. The van der Waals surface area contributed by atoms with Gasteiger partial charge in [-0.3, -0.25) is 14.8 Å². The molecule has 35 heavy (non-hydrogen) atoms. The number of hydrogen-bond acceptors (Lipinski definition) is 7. The van der Waals surface area contributed by atoms with Gasteiger partial charge in [0, 0.05) is 17.7 Å². The van der Waals surface area contributed by atoms with Crippen LogP contribution in [0.1, 0.15) is 51.8 Å². The first-order chi connectivity index (χ1) is 16.8. The van der Waals surface area contributed by atoms with Crippen molar-refractivity contribution < 1.29 is 31.9 Å². The molecule has 0 fully saturated rings. The van der Waals surface area contributed by atoms with E-state index in [1.54, 1.807) is 12.1 Å². The number of amides is 1. The fraction of sp³-hybridized carbons (Fsp3) is 0.174. The van der Waals surface area contributed by atoms with Crippen molar-refractivity contribution in [1.82, 2.24) is 25.1 Å². The lowest BCUT2D eigenvalue weighted by molar-refractivity contribution is 0.0331. The van der Waals surface area contributed by atoms with Gasteiger partial charge in [0.1, 0.15) is 23.8 Å². The number of carbonyl (C=O) groups excluding carboxylic acids is 1. The van der Waals surface area contributed by atoms with Crippen molar-refractivity contribution in [2.45, 2.75) is 25.1 Å². The lowest BCUT2D eigenvalue weighted by atomic mass is 10.0. The van der Waals surface area contributed by atoms with Crippen LogP contribution in [-0.4, -0.2) is 36.1 Å². The van der Waals surface area contributed by atoms with Crippen LogP contribution in [-0.2, 0) is 6.54 Å². The highest BCUT2D eigenvalue weighted by Crippen LogP contribution is 2.39. The zero-order valence-electron chi connectivity index (χ0n) is 17.6. The Bertz CT molecular complexity index is 1380. The summed E-state index contributed by atoms with van der Waals surface area (Å²) in [5.74, 6) is -2.74. The summed E-state index contributed by atoms with van der Waals surface area (Å²) in [6.07, 6.45) is -2.47. The smallest absolute Gasteiger partial charge is 0.314 e. The summed E-state index contributed by atoms with van der Waals surface area (Å²) in [5.41, 5.74) is 1.34. The molecule has 1 aromatic carbocycles. The van der Waals surface area contributed by atoms with Crippen LogP contribution in [0.15, 0.2) is 59.3 Å². The third kappa shape index (κ3) is 4.23.